The standard InChI is InChI=1S/C21H27N5O3/c22-20-23-12-15(13-24-20)16-5-4-6-17(25-16)18-14-26(9-10-29-18)19(27)11-21(28)7-2-1-3-8-21/h4-6,12-13,18,28H,1-3,7-11,14H2,(H2,22,23,24). The van der Waals surface area contributed by atoms with E-state index in [9.17, 15) is 9.90 Å². The van der Waals surface area contributed by atoms with Gasteiger partial charge in [0.2, 0.25) is 11.9 Å². The van der Waals surface area contributed by atoms with Crippen molar-refractivity contribution >= 4 is 11.9 Å². The maximum absolute atomic E-state index is 12.8. The molecule has 0 spiro atoms. The second-order valence-electron chi connectivity index (χ2n) is 7.94. The number of carbonyl (C=O) groups is 1. The SMILES string of the molecule is Nc1ncc(-c2cccc(C3CN(C(=O)CC4(O)CCCCC4)CCO3)n2)cn1. The lowest BCUT2D eigenvalue weighted by Gasteiger charge is -2.37. The summed E-state index contributed by atoms with van der Waals surface area (Å²) in [6.07, 6.45) is 7.69. The van der Waals surface area contributed by atoms with Gasteiger partial charge in [0.05, 0.1) is 36.6 Å². The first-order valence-corrected chi connectivity index (χ1v) is 10.2. The molecule has 2 aliphatic rings. The van der Waals surface area contributed by atoms with E-state index in [0.29, 0.717) is 32.5 Å². The van der Waals surface area contributed by atoms with Crippen molar-refractivity contribution < 1.29 is 14.6 Å². The number of hydrogen-bond donors (Lipinski definition) is 2. The highest BCUT2D eigenvalue weighted by Crippen LogP contribution is 2.32. The number of pyridine rings is 1. The van der Waals surface area contributed by atoms with Gasteiger partial charge in [0.1, 0.15) is 6.10 Å². The van der Waals surface area contributed by atoms with Crippen LogP contribution in [0.5, 0.6) is 0 Å². The van der Waals surface area contributed by atoms with E-state index in [4.69, 9.17) is 10.5 Å². The molecule has 1 atom stereocenters. The highest BCUT2D eigenvalue weighted by atomic mass is 16.5. The molecule has 0 bridgehead atoms. The minimum atomic E-state index is -0.851. The lowest BCUT2D eigenvalue weighted by molar-refractivity contribution is -0.145. The second-order valence-corrected chi connectivity index (χ2v) is 7.94. The number of carbonyl (C=O) groups excluding carboxylic acids is 1. The Morgan fingerprint density at radius 1 is 1.24 bits per heavy atom. The smallest absolute Gasteiger partial charge is 0.225 e. The molecule has 2 aromatic rings. The molecule has 1 saturated heterocycles. The third kappa shape index (κ3) is 4.71. The fourth-order valence-electron chi connectivity index (χ4n) is 4.10. The number of nitrogen functional groups attached to an aromatic ring is 1. The molecule has 1 aliphatic carbocycles. The fraction of sp³-hybridized carbons (Fsp3) is 0.524. The zero-order chi connectivity index (χ0) is 20.3. The number of aliphatic hydroxyl groups is 1. The van der Waals surface area contributed by atoms with Crippen molar-refractivity contribution in [1.29, 1.82) is 0 Å². The first kappa shape index (κ1) is 19.7. The largest absolute Gasteiger partial charge is 0.389 e. The Labute approximate surface area is 170 Å². The minimum absolute atomic E-state index is 0.00853. The Bertz CT molecular complexity index is 852. The van der Waals surface area contributed by atoms with Gasteiger partial charge in [-0.05, 0) is 25.0 Å². The first-order chi connectivity index (χ1) is 14.0. The second kappa shape index (κ2) is 8.42. The van der Waals surface area contributed by atoms with Crippen LogP contribution in [0.4, 0.5) is 5.95 Å². The summed E-state index contributed by atoms with van der Waals surface area (Å²) < 4.78 is 5.90. The van der Waals surface area contributed by atoms with Crippen molar-refractivity contribution in [3.05, 3.63) is 36.3 Å². The van der Waals surface area contributed by atoms with Gasteiger partial charge >= 0.3 is 0 Å². The minimum Gasteiger partial charge on any atom is -0.389 e. The first-order valence-electron chi connectivity index (χ1n) is 10.2. The van der Waals surface area contributed by atoms with Crippen LogP contribution in [0.25, 0.3) is 11.3 Å². The number of hydrogen-bond acceptors (Lipinski definition) is 7. The molecule has 154 valence electrons. The molecule has 0 radical (unpaired) electrons. The van der Waals surface area contributed by atoms with Crippen molar-refractivity contribution in [1.82, 2.24) is 19.9 Å². The molecule has 8 nitrogen and oxygen atoms in total. The zero-order valence-electron chi connectivity index (χ0n) is 16.5. The average molecular weight is 397 g/mol. The van der Waals surface area contributed by atoms with E-state index < -0.39 is 5.60 Å². The summed E-state index contributed by atoms with van der Waals surface area (Å²) in [5, 5.41) is 10.7. The van der Waals surface area contributed by atoms with Gasteiger partial charge in [-0.3, -0.25) is 4.79 Å². The molecular weight excluding hydrogens is 370 g/mol. The van der Waals surface area contributed by atoms with Crippen LogP contribution >= 0.6 is 0 Å². The van der Waals surface area contributed by atoms with Crippen molar-refractivity contribution in [3.8, 4) is 11.3 Å². The zero-order valence-corrected chi connectivity index (χ0v) is 16.5. The lowest BCUT2D eigenvalue weighted by atomic mass is 9.82. The number of nitrogens with zero attached hydrogens (tertiary/aromatic N) is 4. The quantitative estimate of drug-likeness (QED) is 0.812. The predicted octanol–water partition coefficient (Wildman–Crippen LogP) is 2.11. The van der Waals surface area contributed by atoms with Gasteiger partial charge < -0.3 is 20.5 Å². The molecule has 3 N–H and O–H groups in total. The number of ether oxygens (including phenoxy) is 1. The van der Waals surface area contributed by atoms with Crippen molar-refractivity contribution in [2.24, 2.45) is 0 Å². The molecule has 1 unspecified atom stereocenters. The molecule has 1 amide bonds. The molecule has 1 aliphatic heterocycles. The summed E-state index contributed by atoms with van der Waals surface area (Å²) in [5.74, 6) is 0.208. The van der Waals surface area contributed by atoms with Gasteiger partial charge in [0.15, 0.2) is 0 Å². The van der Waals surface area contributed by atoms with Gasteiger partial charge in [0, 0.05) is 24.5 Å². The van der Waals surface area contributed by atoms with Crippen LogP contribution < -0.4 is 5.73 Å². The number of morpholine rings is 1. The van der Waals surface area contributed by atoms with E-state index in [0.717, 1.165) is 36.2 Å². The molecule has 3 heterocycles. The van der Waals surface area contributed by atoms with E-state index in [1.54, 1.807) is 17.3 Å². The number of rotatable bonds is 4. The Kier molecular flexibility index (Phi) is 5.73. The monoisotopic (exact) mass is 397 g/mol. The maximum Gasteiger partial charge on any atom is 0.225 e. The summed E-state index contributed by atoms with van der Waals surface area (Å²) in [7, 11) is 0. The van der Waals surface area contributed by atoms with Crippen LogP contribution in [0.3, 0.4) is 0 Å². The highest BCUT2D eigenvalue weighted by Gasteiger charge is 2.35. The van der Waals surface area contributed by atoms with Gasteiger partial charge in [-0.1, -0.05) is 25.3 Å². The molecule has 2 aromatic heterocycles. The predicted molar refractivity (Wildman–Crippen MR) is 108 cm³/mol. The van der Waals surface area contributed by atoms with Crippen molar-refractivity contribution in [2.75, 3.05) is 25.4 Å². The average Bonchev–Trinajstić information content (AvgIpc) is 2.75. The summed E-state index contributed by atoms with van der Waals surface area (Å²) in [4.78, 5) is 27.3. The molecular formula is C21H27N5O3. The third-order valence-electron chi connectivity index (χ3n) is 5.75. The molecule has 2 fully saturated rings. The number of anilines is 1. The van der Waals surface area contributed by atoms with Crippen molar-refractivity contribution in [2.45, 2.75) is 50.2 Å². The Morgan fingerprint density at radius 3 is 2.76 bits per heavy atom. The van der Waals surface area contributed by atoms with E-state index in [1.165, 1.54) is 0 Å². The van der Waals surface area contributed by atoms with Gasteiger partial charge in [-0.2, -0.15) is 0 Å². The van der Waals surface area contributed by atoms with Crippen LogP contribution in [0.2, 0.25) is 0 Å². The van der Waals surface area contributed by atoms with Gasteiger partial charge in [-0.25, -0.2) is 15.0 Å². The Balaban J connectivity index is 1.45. The summed E-state index contributed by atoms with van der Waals surface area (Å²) in [6.45, 7) is 1.42. The van der Waals surface area contributed by atoms with Crippen LogP contribution in [0.15, 0.2) is 30.6 Å². The topological polar surface area (TPSA) is 114 Å². The van der Waals surface area contributed by atoms with Crippen LogP contribution in [0, 0.1) is 0 Å². The normalized spacial score (nSPS) is 21.7. The van der Waals surface area contributed by atoms with E-state index in [-0.39, 0.29) is 24.4 Å². The fourth-order valence-corrected chi connectivity index (χ4v) is 4.10. The van der Waals surface area contributed by atoms with Gasteiger partial charge in [0.25, 0.3) is 0 Å². The Morgan fingerprint density at radius 2 is 2.00 bits per heavy atom. The molecule has 0 aromatic carbocycles. The van der Waals surface area contributed by atoms with E-state index >= 15 is 0 Å². The highest BCUT2D eigenvalue weighted by molar-refractivity contribution is 5.77. The van der Waals surface area contributed by atoms with Crippen LogP contribution in [0.1, 0.15) is 50.3 Å². The molecule has 1 saturated carbocycles. The Hall–Kier alpha value is -2.58. The lowest BCUT2D eigenvalue weighted by Crippen LogP contribution is -2.46. The molecule has 4 rings (SSSR count). The third-order valence-corrected chi connectivity index (χ3v) is 5.75. The summed E-state index contributed by atoms with van der Waals surface area (Å²) in [6, 6.07) is 5.68. The summed E-state index contributed by atoms with van der Waals surface area (Å²) >= 11 is 0. The molecule has 8 heteroatoms. The van der Waals surface area contributed by atoms with Crippen LogP contribution in [-0.2, 0) is 9.53 Å². The van der Waals surface area contributed by atoms with Crippen molar-refractivity contribution in [3.63, 3.8) is 0 Å². The van der Waals surface area contributed by atoms with E-state index in [2.05, 4.69) is 15.0 Å². The summed E-state index contributed by atoms with van der Waals surface area (Å²) in [5.41, 5.74) is 6.96. The maximum atomic E-state index is 12.8. The van der Waals surface area contributed by atoms with Crippen LogP contribution in [-0.4, -0.2) is 56.2 Å². The number of aromatic nitrogens is 3. The van der Waals surface area contributed by atoms with Gasteiger partial charge in [-0.15, -0.1) is 0 Å². The number of nitrogens with two attached hydrogens (primary N) is 1. The molecule has 29 heavy (non-hydrogen) atoms. The van der Waals surface area contributed by atoms with E-state index in [1.807, 2.05) is 18.2 Å². The number of amides is 1.